The molecule has 0 radical (unpaired) electrons. The predicted octanol–water partition coefficient (Wildman–Crippen LogP) is 3.46. The summed E-state index contributed by atoms with van der Waals surface area (Å²) in [5, 5.41) is 10.5. The minimum absolute atomic E-state index is 0.0538. The number of ketones is 1. The van der Waals surface area contributed by atoms with Crippen LogP contribution in [0.2, 0.25) is 0 Å². The second kappa shape index (κ2) is 6.67. The van der Waals surface area contributed by atoms with Crippen molar-refractivity contribution in [1.29, 1.82) is 0 Å². The van der Waals surface area contributed by atoms with Crippen LogP contribution in [-0.2, 0) is 6.42 Å². The van der Waals surface area contributed by atoms with E-state index in [0.717, 1.165) is 16.9 Å². The van der Waals surface area contributed by atoms with Crippen molar-refractivity contribution in [2.45, 2.75) is 20.3 Å². The molecule has 132 valence electrons. The van der Waals surface area contributed by atoms with Crippen LogP contribution in [0.25, 0.3) is 0 Å². The monoisotopic (exact) mass is 342 g/mol. The maximum Gasteiger partial charge on any atom is 0.177 e. The summed E-state index contributed by atoms with van der Waals surface area (Å²) in [5.74, 6) is 1.27. The van der Waals surface area contributed by atoms with Gasteiger partial charge in [-0.15, -0.1) is 0 Å². The first-order valence-electron chi connectivity index (χ1n) is 8.18. The maximum absolute atomic E-state index is 13.0. The molecule has 1 N–H and O–H groups in total. The Labute approximate surface area is 147 Å². The van der Waals surface area contributed by atoms with Crippen LogP contribution in [0.1, 0.15) is 27.0 Å². The molecule has 1 aliphatic rings. The average molecular weight is 342 g/mol. The van der Waals surface area contributed by atoms with Gasteiger partial charge in [-0.2, -0.15) is 0 Å². The van der Waals surface area contributed by atoms with Gasteiger partial charge in [0.1, 0.15) is 28.6 Å². The minimum Gasteiger partial charge on any atom is -0.507 e. The Morgan fingerprint density at radius 1 is 1.12 bits per heavy atom. The number of phenolic OH excluding ortho intramolecular Hbond substituents is 1. The van der Waals surface area contributed by atoms with E-state index in [1.165, 1.54) is 7.11 Å². The van der Waals surface area contributed by atoms with E-state index in [0.29, 0.717) is 23.5 Å². The van der Waals surface area contributed by atoms with Crippen LogP contribution in [0.15, 0.2) is 24.3 Å². The largest absolute Gasteiger partial charge is 0.507 e. The van der Waals surface area contributed by atoms with E-state index in [1.807, 2.05) is 31.2 Å². The second-order valence-corrected chi connectivity index (χ2v) is 6.26. The van der Waals surface area contributed by atoms with Gasteiger partial charge in [0.15, 0.2) is 5.78 Å². The third-order valence-electron chi connectivity index (χ3n) is 4.73. The minimum atomic E-state index is -0.334. The van der Waals surface area contributed by atoms with E-state index in [-0.39, 0.29) is 29.6 Å². The molecule has 25 heavy (non-hydrogen) atoms. The Kier molecular flexibility index (Phi) is 4.57. The molecule has 1 aliphatic heterocycles. The lowest BCUT2D eigenvalue weighted by Gasteiger charge is -2.28. The quantitative estimate of drug-likeness (QED) is 0.922. The molecular formula is C20H22O5. The Balaban J connectivity index is 1.93. The van der Waals surface area contributed by atoms with E-state index in [4.69, 9.17) is 14.2 Å². The standard InChI is InChI=1S/C20H22O5/c1-11-17(21)16-18(22)14(9-13-5-7-15(23-3)8-6-13)10-25-20(16)12(2)19(11)24-4/h5-8,14,21H,9-10H2,1-4H3/t14-/m0/s1. The van der Waals surface area contributed by atoms with E-state index in [2.05, 4.69) is 0 Å². The van der Waals surface area contributed by atoms with Crippen molar-refractivity contribution >= 4 is 5.78 Å². The van der Waals surface area contributed by atoms with E-state index in [9.17, 15) is 9.90 Å². The van der Waals surface area contributed by atoms with Crippen LogP contribution in [-0.4, -0.2) is 31.7 Å². The highest BCUT2D eigenvalue weighted by molar-refractivity contribution is 6.05. The van der Waals surface area contributed by atoms with E-state index in [1.54, 1.807) is 14.0 Å². The van der Waals surface area contributed by atoms with Crippen molar-refractivity contribution in [3.8, 4) is 23.0 Å². The summed E-state index contributed by atoms with van der Waals surface area (Å²) in [6.45, 7) is 3.85. The number of benzene rings is 2. The molecule has 0 saturated carbocycles. The number of Topliss-reactive ketones (excluding diaryl/α,β-unsaturated/α-hetero) is 1. The number of hydrogen-bond acceptors (Lipinski definition) is 5. The van der Waals surface area contributed by atoms with Gasteiger partial charge in [0.2, 0.25) is 0 Å². The highest BCUT2D eigenvalue weighted by Crippen LogP contribution is 2.45. The fourth-order valence-electron chi connectivity index (χ4n) is 3.35. The zero-order valence-electron chi connectivity index (χ0n) is 14.9. The molecule has 0 aliphatic carbocycles. The molecule has 0 aromatic heterocycles. The zero-order chi connectivity index (χ0) is 18.1. The Morgan fingerprint density at radius 3 is 2.40 bits per heavy atom. The number of hydrogen-bond donors (Lipinski definition) is 1. The van der Waals surface area contributed by atoms with Crippen molar-refractivity contribution < 1.29 is 24.1 Å². The number of carbonyl (C=O) groups excluding carboxylic acids is 1. The fourth-order valence-corrected chi connectivity index (χ4v) is 3.35. The van der Waals surface area contributed by atoms with Crippen LogP contribution in [0.5, 0.6) is 23.0 Å². The highest BCUT2D eigenvalue weighted by atomic mass is 16.5. The molecule has 5 heteroatoms. The first-order chi connectivity index (χ1) is 12.0. The van der Waals surface area contributed by atoms with Gasteiger partial charge in [-0.25, -0.2) is 0 Å². The van der Waals surface area contributed by atoms with Crippen molar-refractivity contribution in [1.82, 2.24) is 0 Å². The van der Waals surface area contributed by atoms with Gasteiger partial charge in [-0.3, -0.25) is 4.79 Å². The third kappa shape index (κ3) is 2.90. The Hall–Kier alpha value is -2.69. The second-order valence-electron chi connectivity index (χ2n) is 6.26. The van der Waals surface area contributed by atoms with Gasteiger partial charge in [0, 0.05) is 11.1 Å². The summed E-state index contributed by atoms with van der Waals surface area (Å²) in [6, 6.07) is 7.61. The molecule has 5 nitrogen and oxygen atoms in total. The number of fused-ring (bicyclic) bond motifs is 1. The predicted molar refractivity (Wildman–Crippen MR) is 94.1 cm³/mol. The van der Waals surface area contributed by atoms with Gasteiger partial charge in [0.25, 0.3) is 0 Å². The number of phenols is 1. The topological polar surface area (TPSA) is 65.0 Å². The zero-order valence-corrected chi connectivity index (χ0v) is 14.9. The van der Waals surface area contributed by atoms with Crippen LogP contribution in [0.4, 0.5) is 0 Å². The Bertz CT molecular complexity index is 808. The summed E-state index contributed by atoms with van der Waals surface area (Å²) in [4.78, 5) is 13.0. The molecule has 0 unspecified atom stereocenters. The lowest BCUT2D eigenvalue weighted by atomic mass is 9.87. The first kappa shape index (κ1) is 17.1. The van der Waals surface area contributed by atoms with Gasteiger partial charge < -0.3 is 19.3 Å². The Morgan fingerprint density at radius 2 is 1.80 bits per heavy atom. The molecule has 2 aromatic rings. The SMILES string of the molecule is COc1ccc(C[C@H]2COc3c(C)c(OC)c(C)c(O)c3C2=O)cc1. The van der Waals surface area contributed by atoms with E-state index < -0.39 is 0 Å². The molecule has 1 heterocycles. The van der Waals surface area contributed by atoms with Crippen molar-refractivity contribution in [2.24, 2.45) is 5.92 Å². The van der Waals surface area contributed by atoms with Gasteiger partial charge in [-0.05, 0) is 38.0 Å². The molecule has 0 amide bonds. The number of carbonyl (C=O) groups is 1. The maximum atomic E-state index is 13.0. The third-order valence-corrected chi connectivity index (χ3v) is 4.73. The smallest absolute Gasteiger partial charge is 0.177 e. The highest BCUT2D eigenvalue weighted by Gasteiger charge is 2.35. The number of rotatable bonds is 4. The van der Waals surface area contributed by atoms with Crippen molar-refractivity contribution in [2.75, 3.05) is 20.8 Å². The molecule has 0 fully saturated rings. The van der Waals surface area contributed by atoms with E-state index >= 15 is 0 Å². The van der Waals surface area contributed by atoms with Crippen LogP contribution in [0, 0.1) is 19.8 Å². The molecule has 1 atom stereocenters. The van der Waals surface area contributed by atoms with Crippen LogP contribution in [0.3, 0.4) is 0 Å². The lowest BCUT2D eigenvalue weighted by molar-refractivity contribution is 0.0824. The molecular weight excluding hydrogens is 320 g/mol. The molecule has 0 spiro atoms. The summed E-state index contributed by atoms with van der Waals surface area (Å²) in [6.07, 6.45) is 0.547. The van der Waals surface area contributed by atoms with Gasteiger partial charge in [-0.1, -0.05) is 12.1 Å². The summed E-state index contributed by atoms with van der Waals surface area (Å²) in [7, 11) is 3.16. The first-order valence-corrected chi connectivity index (χ1v) is 8.18. The molecule has 3 rings (SSSR count). The summed E-state index contributed by atoms with van der Waals surface area (Å²) >= 11 is 0. The van der Waals surface area contributed by atoms with Crippen LogP contribution < -0.4 is 14.2 Å². The van der Waals surface area contributed by atoms with Gasteiger partial charge >= 0.3 is 0 Å². The lowest BCUT2D eigenvalue weighted by Crippen LogP contribution is -2.30. The average Bonchev–Trinajstić information content (AvgIpc) is 2.62. The van der Waals surface area contributed by atoms with Crippen molar-refractivity contribution in [3.05, 3.63) is 46.5 Å². The molecule has 0 saturated heterocycles. The number of aromatic hydroxyl groups is 1. The number of ether oxygens (including phenoxy) is 3. The normalized spacial score (nSPS) is 16.2. The van der Waals surface area contributed by atoms with Crippen LogP contribution >= 0.6 is 0 Å². The summed E-state index contributed by atoms with van der Waals surface area (Å²) < 4.78 is 16.3. The molecule has 0 bridgehead atoms. The van der Waals surface area contributed by atoms with Crippen molar-refractivity contribution in [3.63, 3.8) is 0 Å². The van der Waals surface area contributed by atoms with Gasteiger partial charge in [0.05, 0.1) is 26.7 Å². The molecule has 2 aromatic carbocycles. The fraction of sp³-hybridized carbons (Fsp3) is 0.350. The number of methoxy groups -OCH3 is 2. The summed E-state index contributed by atoms with van der Waals surface area (Å²) in [5.41, 5.74) is 2.58.